The zero-order valence-corrected chi connectivity index (χ0v) is 23.4. The molecule has 2 aliphatic rings. The van der Waals surface area contributed by atoms with Gasteiger partial charge in [-0.1, -0.05) is 55.7 Å². The molecule has 4 heteroatoms. The molecule has 1 fully saturated rings. The van der Waals surface area contributed by atoms with Gasteiger partial charge in [0.2, 0.25) is 0 Å². The lowest BCUT2D eigenvalue weighted by Crippen LogP contribution is -2.70. The molecule has 0 saturated heterocycles. The van der Waals surface area contributed by atoms with Crippen LogP contribution in [0.3, 0.4) is 0 Å². The maximum absolute atomic E-state index is 14.6. The summed E-state index contributed by atoms with van der Waals surface area (Å²) in [4.78, 5) is 42.9. The number of fused-ring (bicyclic) bond motifs is 2. The minimum absolute atomic E-state index is 0.112. The standard InChI is InChI=1S/C31H46O4/c1-10-23(8)27(34)31-26(33)18-25(32)30(28(31)35,17-15-22(6)7)19-24(14-13-21(4)5)29(31,9)16-11-12-20(2)3/h12-13,15,18,23-24,32H,10-11,14,16-17,19H2,1-9H3. The van der Waals surface area contributed by atoms with Gasteiger partial charge < -0.3 is 5.11 Å². The van der Waals surface area contributed by atoms with E-state index in [9.17, 15) is 19.5 Å². The molecular weight excluding hydrogens is 436 g/mol. The van der Waals surface area contributed by atoms with Crippen LogP contribution in [-0.4, -0.2) is 22.5 Å². The van der Waals surface area contributed by atoms with Gasteiger partial charge in [-0.3, -0.25) is 14.4 Å². The molecule has 1 N–H and O–H groups in total. The molecule has 2 rings (SSSR count). The molecule has 0 aromatic rings. The molecule has 2 aliphatic carbocycles. The van der Waals surface area contributed by atoms with Gasteiger partial charge in [-0.15, -0.1) is 0 Å². The molecule has 0 amide bonds. The van der Waals surface area contributed by atoms with E-state index in [1.165, 1.54) is 11.6 Å². The smallest absolute Gasteiger partial charge is 0.180 e. The number of aliphatic hydroxyl groups excluding tert-OH is 1. The molecule has 5 atom stereocenters. The Hall–Kier alpha value is -2.23. The monoisotopic (exact) mass is 482 g/mol. The van der Waals surface area contributed by atoms with Crippen LogP contribution in [0.5, 0.6) is 0 Å². The molecule has 0 radical (unpaired) electrons. The highest BCUT2D eigenvalue weighted by Crippen LogP contribution is 2.66. The molecule has 5 unspecified atom stereocenters. The third-order valence-corrected chi connectivity index (χ3v) is 8.57. The van der Waals surface area contributed by atoms with Gasteiger partial charge >= 0.3 is 0 Å². The van der Waals surface area contributed by atoms with Gasteiger partial charge in [0, 0.05) is 12.0 Å². The molecule has 194 valence electrons. The summed E-state index contributed by atoms with van der Waals surface area (Å²) in [5, 5.41) is 11.2. The Morgan fingerprint density at radius 3 is 2.14 bits per heavy atom. The van der Waals surface area contributed by atoms with Crippen LogP contribution in [0, 0.1) is 28.1 Å². The van der Waals surface area contributed by atoms with Crippen molar-refractivity contribution in [2.75, 3.05) is 0 Å². The van der Waals surface area contributed by atoms with Crippen molar-refractivity contribution in [3.63, 3.8) is 0 Å². The predicted octanol–water partition coefficient (Wildman–Crippen LogP) is 7.65. The number of hydrogen-bond donors (Lipinski definition) is 1. The Kier molecular flexibility index (Phi) is 8.95. The Balaban J connectivity index is 2.93. The number of hydrogen-bond acceptors (Lipinski definition) is 4. The number of carbonyl (C=O) groups excluding carboxylic acids is 3. The summed E-state index contributed by atoms with van der Waals surface area (Å²) in [5.74, 6) is -1.90. The SMILES string of the molecule is CCC(C)C(=O)C12C(=O)C=C(O)C(CC=C(C)C)(CC(CC=C(C)C)C1(C)CCC=C(C)C)C2=O. The first kappa shape index (κ1) is 29.0. The molecule has 0 aliphatic heterocycles. The van der Waals surface area contributed by atoms with E-state index in [0.29, 0.717) is 38.5 Å². The van der Waals surface area contributed by atoms with Crippen LogP contribution < -0.4 is 0 Å². The number of rotatable bonds is 10. The first-order valence-corrected chi connectivity index (χ1v) is 13.2. The highest BCUT2D eigenvalue weighted by Gasteiger charge is 2.74. The molecule has 4 nitrogen and oxygen atoms in total. The molecule has 2 bridgehead atoms. The van der Waals surface area contributed by atoms with Crippen LogP contribution in [-0.2, 0) is 14.4 Å². The topological polar surface area (TPSA) is 71.4 Å². The van der Waals surface area contributed by atoms with E-state index in [1.54, 1.807) is 0 Å². The van der Waals surface area contributed by atoms with Gasteiger partial charge in [0.25, 0.3) is 0 Å². The van der Waals surface area contributed by atoms with E-state index >= 15 is 0 Å². The van der Waals surface area contributed by atoms with Crippen molar-refractivity contribution in [1.82, 2.24) is 0 Å². The second kappa shape index (κ2) is 10.8. The quantitative estimate of drug-likeness (QED) is 0.256. The van der Waals surface area contributed by atoms with E-state index in [-0.39, 0.29) is 23.2 Å². The lowest BCUT2D eigenvalue weighted by atomic mass is 9.38. The Morgan fingerprint density at radius 1 is 1.06 bits per heavy atom. The maximum Gasteiger partial charge on any atom is 0.180 e. The van der Waals surface area contributed by atoms with E-state index < -0.39 is 27.9 Å². The van der Waals surface area contributed by atoms with Gasteiger partial charge in [-0.25, -0.2) is 0 Å². The fraction of sp³-hybridized carbons (Fsp3) is 0.645. The summed E-state index contributed by atoms with van der Waals surface area (Å²) < 4.78 is 0. The van der Waals surface area contributed by atoms with Crippen molar-refractivity contribution in [3.8, 4) is 0 Å². The zero-order valence-electron chi connectivity index (χ0n) is 23.4. The van der Waals surface area contributed by atoms with E-state index in [2.05, 4.69) is 12.2 Å². The van der Waals surface area contributed by atoms with Crippen molar-refractivity contribution in [3.05, 3.63) is 46.8 Å². The second-order valence-electron chi connectivity index (χ2n) is 11.9. The third kappa shape index (κ3) is 4.90. The van der Waals surface area contributed by atoms with Crippen LogP contribution in [0.15, 0.2) is 46.8 Å². The van der Waals surface area contributed by atoms with Crippen molar-refractivity contribution in [1.29, 1.82) is 0 Å². The average Bonchev–Trinajstić information content (AvgIpc) is 2.76. The fourth-order valence-corrected chi connectivity index (χ4v) is 6.15. The number of aliphatic hydroxyl groups is 1. The summed E-state index contributed by atoms with van der Waals surface area (Å²) in [6.07, 6.45) is 10.6. The summed E-state index contributed by atoms with van der Waals surface area (Å²) in [6.45, 7) is 17.8. The maximum atomic E-state index is 14.6. The van der Waals surface area contributed by atoms with Gasteiger partial charge in [0.15, 0.2) is 22.8 Å². The Morgan fingerprint density at radius 2 is 1.63 bits per heavy atom. The van der Waals surface area contributed by atoms with Crippen LogP contribution in [0.25, 0.3) is 0 Å². The van der Waals surface area contributed by atoms with Gasteiger partial charge in [0.05, 0.1) is 5.41 Å². The van der Waals surface area contributed by atoms with Crippen molar-refractivity contribution in [2.45, 2.75) is 101 Å². The largest absolute Gasteiger partial charge is 0.511 e. The van der Waals surface area contributed by atoms with E-state index in [0.717, 1.165) is 11.1 Å². The van der Waals surface area contributed by atoms with E-state index in [1.807, 2.05) is 68.4 Å². The first-order valence-electron chi connectivity index (χ1n) is 13.2. The highest BCUT2D eigenvalue weighted by molar-refractivity contribution is 6.32. The predicted molar refractivity (Wildman–Crippen MR) is 143 cm³/mol. The van der Waals surface area contributed by atoms with Crippen LogP contribution in [0.4, 0.5) is 0 Å². The summed E-state index contributed by atoms with van der Waals surface area (Å²) in [5.41, 5.74) is -0.517. The minimum Gasteiger partial charge on any atom is -0.511 e. The highest BCUT2D eigenvalue weighted by atomic mass is 16.3. The van der Waals surface area contributed by atoms with Gasteiger partial charge in [-0.2, -0.15) is 0 Å². The molecule has 0 aromatic carbocycles. The van der Waals surface area contributed by atoms with Crippen LogP contribution >= 0.6 is 0 Å². The molecule has 0 heterocycles. The van der Waals surface area contributed by atoms with Crippen molar-refractivity contribution < 1.29 is 19.5 Å². The number of carbonyl (C=O) groups is 3. The molecule has 35 heavy (non-hydrogen) atoms. The van der Waals surface area contributed by atoms with E-state index in [4.69, 9.17) is 0 Å². The zero-order chi connectivity index (χ0) is 26.8. The lowest BCUT2D eigenvalue weighted by Gasteiger charge is -2.60. The average molecular weight is 483 g/mol. The van der Waals surface area contributed by atoms with Crippen molar-refractivity contribution in [2.24, 2.45) is 28.1 Å². The normalized spacial score (nSPS) is 30.8. The molecule has 1 saturated carbocycles. The number of Topliss-reactive ketones (excluding diaryl/α,β-unsaturated/α-hetero) is 2. The Labute approximate surface area is 212 Å². The number of ketones is 3. The molecular formula is C31H46O4. The molecule has 0 spiro atoms. The fourth-order valence-electron chi connectivity index (χ4n) is 6.15. The summed E-state index contributed by atoms with van der Waals surface area (Å²) in [7, 11) is 0. The summed E-state index contributed by atoms with van der Waals surface area (Å²) in [6, 6.07) is 0. The van der Waals surface area contributed by atoms with Crippen molar-refractivity contribution >= 4 is 17.3 Å². The van der Waals surface area contributed by atoms with Gasteiger partial charge in [0.1, 0.15) is 5.76 Å². The third-order valence-electron chi connectivity index (χ3n) is 8.57. The molecule has 0 aromatic heterocycles. The minimum atomic E-state index is -1.78. The Bertz CT molecular complexity index is 981. The number of allylic oxidation sites excluding steroid dienone is 8. The van der Waals surface area contributed by atoms with Crippen LogP contribution in [0.1, 0.15) is 101 Å². The van der Waals surface area contributed by atoms with Crippen LogP contribution in [0.2, 0.25) is 0 Å². The lowest BCUT2D eigenvalue weighted by molar-refractivity contribution is -0.179. The summed E-state index contributed by atoms with van der Waals surface area (Å²) >= 11 is 0. The second-order valence-corrected chi connectivity index (χ2v) is 11.9. The van der Waals surface area contributed by atoms with Gasteiger partial charge in [-0.05, 0) is 91.4 Å². The first-order chi connectivity index (χ1) is 16.2.